The van der Waals surface area contributed by atoms with Crippen LogP contribution in [-0.2, 0) is 4.79 Å². The molecule has 0 unspecified atom stereocenters. The summed E-state index contributed by atoms with van der Waals surface area (Å²) in [6.45, 7) is 4.15. The van der Waals surface area contributed by atoms with Gasteiger partial charge in [-0.15, -0.1) is 11.8 Å². The number of rotatable bonds is 3. The van der Waals surface area contributed by atoms with E-state index in [9.17, 15) is 4.79 Å². The molecule has 1 aromatic carbocycles. The lowest BCUT2D eigenvalue weighted by Gasteiger charge is -2.01. The molecule has 12 heavy (non-hydrogen) atoms. The molecule has 1 nitrogen and oxygen atoms in total. The number of thioether (sulfide) groups is 1. The molecule has 1 radical (unpaired) electrons. The van der Waals surface area contributed by atoms with E-state index in [-0.39, 0.29) is 0 Å². The first-order valence-electron chi connectivity index (χ1n) is 3.79. The summed E-state index contributed by atoms with van der Waals surface area (Å²) >= 11 is 1.52. The Bertz CT molecular complexity index is 281. The number of aryl methyl sites for hydroxylation is 2. The molecule has 0 heterocycles. The molecule has 0 saturated heterocycles. The molecule has 0 aromatic heterocycles. The molecule has 0 bridgehead atoms. The molecule has 0 amide bonds. The van der Waals surface area contributed by atoms with Crippen LogP contribution >= 0.6 is 11.8 Å². The molecule has 0 atom stereocenters. The van der Waals surface area contributed by atoms with Gasteiger partial charge in [-0.3, -0.25) is 4.79 Å². The van der Waals surface area contributed by atoms with Crippen LogP contribution in [0.3, 0.4) is 0 Å². The Kier molecular flexibility index (Phi) is 3.35. The Morgan fingerprint density at radius 1 is 1.33 bits per heavy atom. The van der Waals surface area contributed by atoms with Crippen LogP contribution in [0.4, 0.5) is 0 Å². The average molecular weight is 179 g/mol. The van der Waals surface area contributed by atoms with Gasteiger partial charge in [0.1, 0.15) is 0 Å². The third kappa shape index (κ3) is 2.38. The van der Waals surface area contributed by atoms with Crippen molar-refractivity contribution in [3.05, 3.63) is 29.3 Å². The number of hydrogen-bond donors (Lipinski definition) is 0. The SMILES string of the molecule is Cc1ccc(SC[C]=O)cc1C. The molecule has 0 fully saturated rings. The van der Waals surface area contributed by atoms with E-state index in [1.165, 1.54) is 22.9 Å². The van der Waals surface area contributed by atoms with Crippen LogP contribution in [0.5, 0.6) is 0 Å². The van der Waals surface area contributed by atoms with Gasteiger partial charge in [-0.25, -0.2) is 0 Å². The van der Waals surface area contributed by atoms with Crippen LogP contribution in [0.25, 0.3) is 0 Å². The van der Waals surface area contributed by atoms with Gasteiger partial charge in [-0.1, -0.05) is 6.07 Å². The molecule has 0 spiro atoms. The fraction of sp³-hybridized carbons (Fsp3) is 0.300. The summed E-state index contributed by atoms with van der Waals surface area (Å²) in [5.41, 5.74) is 2.56. The minimum Gasteiger partial charge on any atom is -0.290 e. The fourth-order valence-electron chi connectivity index (χ4n) is 0.916. The predicted octanol–water partition coefficient (Wildman–Crippen LogP) is 2.51. The lowest BCUT2D eigenvalue weighted by atomic mass is 10.1. The van der Waals surface area contributed by atoms with Crippen molar-refractivity contribution in [1.82, 2.24) is 0 Å². The topological polar surface area (TPSA) is 17.1 Å². The standard InChI is InChI=1S/C10H11OS/c1-8-3-4-10(7-9(8)2)12-6-5-11/h3-4,7H,6H2,1-2H3. The Hall–Kier alpha value is -0.760. The highest BCUT2D eigenvalue weighted by atomic mass is 32.2. The molecule has 0 N–H and O–H groups in total. The van der Waals surface area contributed by atoms with Crippen LogP contribution in [0.15, 0.2) is 23.1 Å². The second kappa shape index (κ2) is 4.31. The van der Waals surface area contributed by atoms with Crippen molar-refractivity contribution in [3.63, 3.8) is 0 Å². The number of hydrogen-bond acceptors (Lipinski definition) is 2. The van der Waals surface area contributed by atoms with E-state index in [0.29, 0.717) is 5.75 Å². The van der Waals surface area contributed by atoms with Crippen molar-refractivity contribution < 1.29 is 4.79 Å². The molecule has 63 valence electrons. The van der Waals surface area contributed by atoms with Crippen molar-refractivity contribution in [3.8, 4) is 0 Å². The van der Waals surface area contributed by atoms with Crippen LogP contribution in [0.1, 0.15) is 11.1 Å². The van der Waals surface area contributed by atoms with Crippen molar-refractivity contribution in [2.45, 2.75) is 18.7 Å². The van der Waals surface area contributed by atoms with E-state index >= 15 is 0 Å². The predicted molar refractivity (Wildman–Crippen MR) is 52.3 cm³/mol. The molecule has 1 rings (SSSR count). The van der Waals surface area contributed by atoms with E-state index in [4.69, 9.17) is 0 Å². The summed E-state index contributed by atoms with van der Waals surface area (Å²) in [5, 5.41) is 0. The smallest absolute Gasteiger partial charge is 0.209 e. The third-order valence-corrected chi connectivity index (χ3v) is 2.63. The summed E-state index contributed by atoms with van der Waals surface area (Å²) < 4.78 is 0. The fourth-order valence-corrected chi connectivity index (χ4v) is 1.57. The first kappa shape index (κ1) is 9.33. The third-order valence-electron chi connectivity index (χ3n) is 1.78. The zero-order valence-electron chi connectivity index (χ0n) is 7.26. The maximum absolute atomic E-state index is 9.98. The van der Waals surface area contributed by atoms with Crippen molar-refractivity contribution in [2.75, 3.05) is 5.75 Å². The molecule has 0 aliphatic carbocycles. The Morgan fingerprint density at radius 2 is 2.08 bits per heavy atom. The highest BCUT2D eigenvalue weighted by Gasteiger charge is 1.96. The van der Waals surface area contributed by atoms with Crippen LogP contribution in [0, 0.1) is 13.8 Å². The van der Waals surface area contributed by atoms with Gasteiger partial charge in [0.2, 0.25) is 6.29 Å². The largest absolute Gasteiger partial charge is 0.290 e. The number of carbonyl (C=O) groups excluding carboxylic acids is 1. The summed E-state index contributed by atoms with van der Waals surface area (Å²) in [6, 6.07) is 6.20. The van der Waals surface area contributed by atoms with Gasteiger partial charge < -0.3 is 0 Å². The van der Waals surface area contributed by atoms with E-state index in [1.807, 2.05) is 12.4 Å². The van der Waals surface area contributed by atoms with E-state index in [1.54, 1.807) is 0 Å². The van der Waals surface area contributed by atoms with Crippen LogP contribution in [0.2, 0.25) is 0 Å². The first-order valence-corrected chi connectivity index (χ1v) is 4.77. The van der Waals surface area contributed by atoms with Crippen LogP contribution in [-0.4, -0.2) is 12.0 Å². The zero-order chi connectivity index (χ0) is 8.97. The first-order chi connectivity index (χ1) is 5.74. The lowest BCUT2D eigenvalue weighted by molar-refractivity contribution is 0.560. The van der Waals surface area contributed by atoms with Gasteiger partial charge in [-0.05, 0) is 37.1 Å². The maximum atomic E-state index is 9.98. The average Bonchev–Trinajstić information content (AvgIpc) is 2.07. The zero-order valence-corrected chi connectivity index (χ0v) is 8.07. The molecule has 1 aromatic rings. The van der Waals surface area contributed by atoms with E-state index in [2.05, 4.69) is 26.0 Å². The summed E-state index contributed by atoms with van der Waals surface area (Å²) in [5.74, 6) is 0.419. The maximum Gasteiger partial charge on any atom is 0.209 e. The van der Waals surface area contributed by atoms with Crippen molar-refractivity contribution >= 4 is 18.0 Å². The lowest BCUT2D eigenvalue weighted by Crippen LogP contribution is -1.83. The second-order valence-corrected chi connectivity index (χ2v) is 3.73. The van der Waals surface area contributed by atoms with E-state index in [0.717, 1.165) is 4.90 Å². The normalized spacial score (nSPS) is 9.83. The van der Waals surface area contributed by atoms with Gasteiger partial charge in [0.05, 0.1) is 5.75 Å². The molecular formula is C10H11OS. The van der Waals surface area contributed by atoms with Gasteiger partial charge in [0, 0.05) is 4.90 Å². The Labute approximate surface area is 77.2 Å². The summed E-state index contributed by atoms with van der Waals surface area (Å²) in [7, 11) is 0. The highest BCUT2D eigenvalue weighted by molar-refractivity contribution is 7.99. The molecule has 0 aliphatic rings. The van der Waals surface area contributed by atoms with Gasteiger partial charge in [-0.2, -0.15) is 0 Å². The monoisotopic (exact) mass is 179 g/mol. The van der Waals surface area contributed by atoms with Gasteiger partial charge >= 0.3 is 0 Å². The Morgan fingerprint density at radius 3 is 2.67 bits per heavy atom. The van der Waals surface area contributed by atoms with Crippen LogP contribution < -0.4 is 0 Å². The summed E-state index contributed by atoms with van der Waals surface area (Å²) in [6.07, 6.45) is 1.86. The van der Waals surface area contributed by atoms with Gasteiger partial charge in [0.15, 0.2) is 0 Å². The van der Waals surface area contributed by atoms with E-state index < -0.39 is 0 Å². The summed E-state index contributed by atoms with van der Waals surface area (Å²) in [4.78, 5) is 11.1. The van der Waals surface area contributed by atoms with Crippen molar-refractivity contribution in [1.29, 1.82) is 0 Å². The molecule has 0 saturated carbocycles. The minimum absolute atomic E-state index is 0.419. The molecule has 2 heteroatoms. The second-order valence-electron chi connectivity index (χ2n) is 2.68. The highest BCUT2D eigenvalue weighted by Crippen LogP contribution is 2.19. The number of benzene rings is 1. The minimum atomic E-state index is 0.419. The molecule has 0 aliphatic heterocycles. The van der Waals surface area contributed by atoms with Crippen molar-refractivity contribution in [2.24, 2.45) is 0 Å². The van der Waals surface area contributed by atoms with Gasteiger partial charge in [0.25, 0.3) is 0 Å². The quantitative estimate of drug-likeness (QED) is 0.663. The Balaban J connectivity index is 2.75. The molecular weight excluding hydrogens is 168 g/mol.